The van der Waals surface area contributed by atoms with E-state index >= 15 is 0 Å². The summed E-state index contributed by atoms with van der Waals surface area (Å²) in [6, 6.07) is 0. The first-order chi connectivity index (χ1) is 21.9. The molecule has 2 aromatic heterocycles. The Morgan fingerprint density at radius 3 is 2.47 bits per heavy atom. The van der Waals surface area contributed by atoms with E-state index < -0.39 is 92.3 Å². The van der Waals surface area contributed by atoms with Gasteiger partial charge >= 0.3 is 23.5 Å². The second-order valence-electron chi connectivity index (χ2n) is 10.1. The number of amides is 1. The van der Waals surface area contributed by atoms with E-state index in [2.05, 4.69) is 32.8 Å². The smallest absolute Gasteiger partial charge is 0.390 e. The molecule has 1 saturated heterocycles. The molecule has 47 heavy (non-hydrogen) atoms. The Labute approximate surface area is 264 Å². The summed E-state index contributed by atoms with van der Waals surface area (Å²) in [5, 5.41) is 31.3. The number of anilines is 1. The Bertz CT molecular complexity index is 1650. The molecule has 4 rings (SSSR count). The summed E-state index contributed by atoms with van der Waals surface area (Å²) in [6.07, 6.45) is -3.22. The van der Waals surface area contributed by atoms with Gasteiger partial charge in [-0.3, -0.25) is 18.4 Å². The number of hydrogen-bond acceptors (Lipinski definition) is 17. The van der Waals surface area contributed by atoms with Crippen LogP contribution in [0.3, 0.4) is 0 Å². The molecule has 23 nitrogen and oxygen atoms in total. The van der Waals surface area contributed by atoms with Gasteiger partial charge in [0.05, 0.1) is 32.2 Å². The Morgan fingerprint density at radius 2 is 1.79 bits per heavy atom. The van der Waals surface area contributed by atoms with Crippen LogP contribution in [0.5, 0.6) is 0 Å². The van der Waals surface area contributed by atoms with Crippen LogP contribution in [0.25, 0.3) is 11.2 Å². The van der Waals surface area contributed by atoms with Crippen LogP contribution in [0.1, 0.15) is 12.8 Å². The van der Waals surface area contributed by atoms with Crippen molar-refractivity contribution >= 4 is 46.4 Å². The summed E-state index contributed by atoms with van der Waals surface area (Å²) in [5.41, 5.74) is 11.5. The number of ether oxygens (including phenoxy) is 1. The van der Waals surface area contributed by atoms with E-state index in [1.165, 1.54) is 34.3 Å². The van der Waals surface area contributed by atoms with Gasteiger partial charge in [-0.25, -0.2) is 28.6 Å². The summed E-state index contributed by atoms with van der Waals surface area (Å²) in [4.78, 5) is 63.0. The molecule has 1 amide bonds. The molecule has 5 unspecified atom stereocenters. The van der Waals surface area contributed by atoms with Crippen molar-refractivity contribution in [2.24, 2.45) is 5.73 Å². The lowest BCUT2D eigenvalue weighted by molar-refractivity contribution is -0.115. The molecule has 1 fully saturated rings. The molecule has 0 radical (unpaired) electrons. The molecule has 8 atom stereocenters. The van der Waals surface area contributed by atoms with Crippen molar-refractivity contribution < 1.29 is 76.0 Å². The van der Waals surface area contributed by atoms with E-state index in [-0.39, 0.29) is 29.0 Å². The first kappa shape index (κ1) is 37.1. The Morgan fingerprint density at radius 1 is 1.09 bits per heavy atom. The van der Waals surface area contributed by atoms with Gasteiger partial charge in [-0.15, -0.1) is 0 Å². The van der Waals surface area contributed by atoms with Gasteiger partial charge in [-0.2, -0.15) is 4.31 Å². The van der Waals surface area contributed by atoms with Crippen molar-refractivity contribution in [2.45, 2.75) is 56.1 Å². The van der Waals surface area contributed by atoms with Crippen LogP contribution in [0.4, 0.5) is 5.82 Å². The first-order valence-corrected chi connectivity index (χ1v) is 17.8. The molecule has 0 aromatic carbocycles. The van der Waals surface area contributed by atoms with E-state index in [4.69, 9.17) is 16.2 Å². The Balaban J connectivity index is 1.30. The van der Waals surface area contributed by atoms with Gasteiger partial charge in [0.1, 0.15) is 36.3 Å². The van der Waals surface area contributed by atoms with Gasteiger partial charge < -0.3 is 60.6 Å². The molecule has 11 N–H and O–H groups in total. The molecule has 0 saturated carbocycles. The average Bonchev–Trinajstić information content (AvgIpc) is 3.51. The van der Waals surface area contributed by atoms with Crippen LogP contribution in [0, 0.1) is 0 Å². The number of nitrogens with two attached hydrogens (primary N) is 2. The first-order valence-electron chi connectivity index (χ1n) is 13.3. The zero-order valence-corrected chi connectivity index (χ0v) is 26.6. The van der Waals surface area contributed by atoms with Crippen LogP contribution < -0.4 is 11.5 Å². The maximum Gasteiger partial charge on any atom is 0.481 e. The van der Waals surface area contributed by atoms with Crippen LogP contribution in [-0.2, 0) is 47.7 Å². The van der Waals surface area contributed by atoms with E-state index in [0.717, 1.165) is 6.33 Å². The second-order valence-corrected chi connectivity index (χ2v) is 14.3. The second kappa shape index (κ2) is 14.8. The number of phosphoric ester groups is 3. The predicted octanol–water partition coefficient (Wildman–Crippen LogP) is -2.08. The molecule has 26 heteroatoms. The lowest BCUT2D eigenvalue weighted by atomic mass is 10.1. The van der Waals surface area contributed by atoms with Gasteiger partial charge in [-0.1, -0.05) is 6.08 Å². The average molecular weight is 731 g/mol. The van der Waals surface area contributed by atoms with E-state index in [1.807, 2.05) is 0 Å². The fourth-order valence-corrected chi connectivity index (χ4v) is 7.11. The number of carbonyl (C=O) groups excluding carboxylic acids is 1. The molecule has 0 bridgehead atoms. The van der Waals surface area contributed by atoms with E-state index in [0.29, 0.717) is 0 Å². The maximum absolute atomic E-state index is 12.4. The quantitative estimate of drug-likeness (QED) is 0.0837. The van der Waals surface area contributed by atoms with Crippen LogP contribution >= 0.6 is 23.5 Å². The molecule has 2 aliphatic heterocycles. The molecule has 2 aromatic rings. The Kier molecular flexibility index (Phi) is 11.7. The largest absolute Gasteiger partial charge is 0.481 e. The number of hydrogen-bond donors (Lipinski definition) is 9. The van der Waals surface area contributed by atoms with Gasteiger partial charge in [0.2, 0.25) is 5.91 Å². The van der Waals surface area contributed by atoms with Gasteiger partial charge in [0.25, 0.3) is 0 Å². The summed E-state index contributed by atoms with van der Waals surface area (Å²) in [5.74, 6) is -0.713. The fourth-order valence-electron chi connectivity index (χ4n) is 4.46. The number of aromatic nitrogens is 4. The molecule has 0 spiro atoms. The third-order valence-corrected chi connectivity index (χ3v) is 9.83. The van der Waals surface area contributed by atoms with E-state index in [1.54, 1.807) is 0 Å². The number of aliphatic hydroxyl groups is 3. The third kappa shape index (κ3) is 9.92. The van der Waals surface area contributed by atoms with Crippen molar-refractivity contribution in [1.82, 2.24) is 24.4 Å². The van der Waals surface area contributed by atoms with Crippen molar-refractivity contribution in [3.8, 4) is 0 Å². The SMILES string of the molecule is NC(=O)C1=CN(C2O[C@H](COP(=O)(O)OP(=O)(O)OCC[C@@H](O)[C@H](Cn3cnc4c(N)ncnc43)OP(=O)(O)O)C(O)C2O)C=CC1. The monoisotopic (exact) mass is 731 g/mol. The zero-order chi connectivity index (χ0) is 34.7. The number of nitrogens with zero attached hydrogens (tertiary/aromatic N) is 5. The lowest BCUT2D eigenvalue weighted by Crippen LogP contribution is -2.40. The maximum atomic E-state index is 12.4. The molecular formula is C21H32N7O16P3. The highest BCUT2D eigenvalue weighted by Gasteiger charge is 2.47. The number of imidazole rings is 1. The van der Waals surface area contributed by atoms with Crippen molar-refractivity contribution in [3.05, 3.63) is 36.7 Å². The van der Waals surface area contributed by atoms with Gasteiger partial charge in [0.15, 0.2) is 17.7 Å². The third-order valence-electron chi connectivity index (χ3n) is 6.65. The van der Waals surface area contributed by atoms with Gasteiger partial charge in [-0.05, 0) is 12.8 Å². The molecule has 2 aliphatic rings. The van der Waals surface area contributed by atoms with Gasteiger partial charge in [0, 0.05) is 18.0 Å². The number of aliphatic hydroxyl groups excluding tert-OH is 3. The minimum Gasteiger partial charge on any atom is -0.390 e. The van der Waals surface area contributed by atoms with E-state index in [9.17, 15) is 53.4 Å². The van der Waals surface area contributed by atoms with Crippen LogP contribution in [0.15, 0.2) is 36.7 Å². The highest BCUT2D eigenvalue weighted by Crippen LogP contribution is 2.60. The highest BCUT2D eigenvalue weighted by atomic mass is 31.3. The molecule has 262 valence electrons. The standard InChI is InChI=1S/C21H32N7O16P3/c22-18-15-20(25-9-24-18)28(10-26-15)7-13(43-45(33,34)35)12(29)3-5-40-46(36,37)44-47(38,39)41-8-14-16(30)17(31)21(42-14)27-4-1-2-11(6-27)19(23)32/h1,4,6,9-10,12-14,16-17,21,29-31H,2-3,5,7-8H2,(H2,23,32)(H,36,37)(H,38,39)(H2,22,24,25)(H2,33,34,35)/t12-,13+,14-,16?,17?,21?/m1/s1. The van der Waals surface area contributed by atoms with Crippen LogP contribution in [-0.4, -0.2) is 115 Å². The van der Waals surface area contributed by atoms with Crippen molar-refractivity contribution in [3.63, 3.8) is 0 Å². The number of rotatable bonds is 16. The van der Waals surface area contributed by atoms with Crippen LogP contribution in [0.2, 0.25) is 0 Å². The summed E-state index contributed by atoms with van der Waals surface area (Å²) < 4.78 is 61.1. The number of fused-ring (bicyclic) bond motifs is 1. The summed E-state index contributed by atoms with van der Waals surface area (Å²) in [6.45, 7) is -2.22. The molecule has 4 heterocycles. The number of phosphoric acid groups is 3. The predicted molar refractivity (Wildman–Crippen MR) is 153 cm³/mol. The van der Waals surface area contributed by atoms with Crippen molar-refractivity contribution in [1.29, 1.82) is 0 Å². The summed E-state index contributed by atoms with van der Waals surface area (Å²) >= 11 is 0. The zero-order valence-electron chi connectivity index (χ0n) is 23.9. The molecule has 0 aliphatic carbocycles. The summed E-state index contributed by atoms with van der Waals surface area (Å²) in [7, 11) is -16.0. The number of primary amides is 1. The minimum absolute atomic E-state index is 0.0141. The fraction of sp³-hybridized carbons (Fsp3) is 0.524. The number of carbonyl (C=O) groups is 1. The number of allylic oxidation sites excluding steroid dienone is 1. The lowest BCUT2D eigenvalue weighted by Gasteiger charge is -2.28. The van der Waals surface area contributed by atoms with Crippen molar-refractivity contribution in [2.75, 3.05) is 18.9 Å². The highest BCUT2D eigenvalue weighted by molar-refractivity contribution is 7.61. The minimum atomic E-state index is -5.40. The molecular weight excluding hydrogens is 699 g/mol. The Hall–Kier alpha value is -2.69. The topological polar surface area (TPSA) is 355 Å². The normalized spacial score (nSPS) is 25.7. The number of nitrogen functional groups attached to an aromatic ring is 1.